The third-order valence-corrected chi connectivity index (χ3v) is 2.85. The first kappa shape index (κ1) is 12.6. The van der Waals surface area contributed by atoms with Crippen LogP contribution in [0.5, 0.6) is 0 Å². The lowest BCUT2D eigenvalue weighted by atomic mass is 10.1. The van der Waals surface area contributed by atoms with Crippen molar-refractivity contribution in [1.29, 1.82) is 0 Å². The Morgan fingerprint density at radius 3 is 2.61 bits per heavy atom. The van der Waals surface area contributed by atoms with Gasteiger partial charge in [-0.15, -0.1) is 0 Å². The fraction of sp³-hybridized carbons (Fsp3) is 0.200. The molecule has 0 aliphatic carbocycles. The summed E-state index contributed by atoms with van der Waals surface area (Å²) in [5.41, 5.74) is 8.79. The lowest BCUT2D eigenvalue weighted by molar-refractivity contribution is 0.622. The van der Waals surface area contributed by atoms with E-state index in [1.54, 1.807) is 6.07 Å². The molecule has 0 saturated heterocycles. The second-order valence-corrected chi connectivity index (χ2v) is 4.36. The number of benzene rings is 2. The Morgan fingerprint density at radius 1 is 1.17 bits per heavy atom. The third-order valence-electron chi connectivity index (χ3n) is 2.85. The van der Waals surface area contributed by atoms with Gasteiger partial charge in [-0.2, -0.15) is 0 Å². The van der Waals surface area contributed by atoms with Crippen molar-refractivity contribution in [2.45, 2.75) is 13.0 Å². The molecule has 2 aromatic rings. The highest BCUT2D eigenvalue weighted by atomic mass is 19.1. The maximum absolute atomic E-state index is 13.2. The molecule has 2 aromatic carbocycles. The minimum atomic E-state index is -0.239. The number of hydrogen-bond donors (Lipinski definition) is 2. The number of aryl methyl sites for hydroxylation is 1. The van der Waals surface area contributed by atoms with Crippen LogP contribution in [0.3, 0.4) is 0 Å². The van der Waals surface area contributed by atoms with Crippen molar-refractivity contribution in [2.75, 3.05) is 11.9 Å². The molecule has 0 fully saturated rings. The fourth-order valence-corrected chi connectivity index (χ4v) is 1.94. The van der Waals surface area contributed by atoms with Crippen LogP contribution in [0, 0.1) is 12.7 Å². The van der Waals surface area contributed by atoms with E-state index >= 15 is 0 Å². The van der Waals surface area contributed by atoms with Crippen molar-refractivity contribution in [2.24, 2.45) is 5.73 Å². The van der Waals surface area contributed by atoms with Crippen LogP contribution in [0.15, 0.2) is 48.5 Å². The molecule has 94 valence electrons. The SMILES string of the molecule is Cc1cccc(NC(CN)c2cccc(F)c2)c1. The summed E-state index contributed by atoms with van der Waals surface area (Å²) < 4.78 is 13.2. The largest absolute Gasteiger partial charge is 0.377 e. The average Bonchev–Trinajstić information content (AvgIpc) is 2.36. The van der Waals surface area contributed by atoms with Crippen LogP contribution in [0.25, 0.3) is 0 Å². The highest BCUT2D eigenvalue weighted by Crippen LogP contribution is 2.20. The Kier molecular flexibility index (Phi) is 3.95. The predicted molar refractivity (Wildman–Crippen MR) is 73.0 cm³/mol. The minimum absolute atomic E-state index is 0.0810. The Balaban J connectivity index is 2.19. The van der Waals surface area contributed by atoms with E-state index in [1.807, 2.05) is 37.3 Å². The summed E-state index contributed by atoms with van der Waals surface area (Å²) in [6, 6.07) is 14.5. The van der Waals surface area contributed by atoms with Gasteiger partial charge in [-0.25, -0.2) is 4.39 Å². The van der Waals surface area contributed by atoms with Crippen molar-refractivity contribution < 1.29 is 4.39 Å². The Morgan fingerprint density at radius 2 is 1.94 bits per heavy atom. The molecule has 0 radical (unpaired) electrons. The summed E-state index contributed by atoms with van der Waals surface area (Å²) in [5, 5.41) is 3.32. The molecule has 0 aromatic heterocycles. The van der Waals surface area contributed by atoms with E-state index in [2.05, 4.69) is 5.32 Å². The molecule has 3 N–H and O–H groups in total. The lowest BCUT2D eigenvalue weighted by Gasteiger charge is -2.19. The molecule has 1 atom stereocenters. The van der Waals surface area contributed by atoms with Gasteiger partial charge in [0.15, 0.2) is 0 Å². The molecule has 0 spiro atoms. The van der Waals surface area contributed by atoms with Gasteiger partial charge in [0.25, 0.3) is 0 Å². The van der Waals surface area contributed by atoms with E-state index in [1.165, 1.54) is 17.7 Å². The van der Waals surface area contributed by atoms with E-state index in [0.717, 1.165) is 11.3 Å². The topological polar surface area (TPSA) is 38.0 Å². The van der Waals surface area contributed by atoms with Crippen LogP contribution in [-0.2, 0) is 0 Å². The van der Waals surface area contributed by atoms with Gasteiger partial charge in [0.1, 0.15) is 5.82 Å². The third kappa shape index (κ3) is 3.08. The number of rotatable bonds is 4. The van der Waals surface area contributed by atoms with E-state index in [4.69, 9.17) is 5.73 Å². The quantitative estimate of drug-likeness (QED) is 0.866. The molecule has 0 bridgehead atoms. The first-order valence-corrected chi connectivity index (χ1v) is 5.98. The monoisotopic (exact) mass is 244 g/mol. The number of hydrogen-bond acceptors (Lipinski definition) is 2. The molecule has 0 aliphatic heterocycles. The Labute approximate surface area is 107 Å². The molecule has 2 rings (SSSR count). The maximum Gasteiger partial charge on any atom is 0.123 e. The van der Waals surface area contributed by atoms with Gasteiger partial charge in [0.2, 0.25) is 0 Å². The van der Waals surface area contributed by atoms with Crippen molar-refractivity contribution in [3.8, 4) is 0 Å². The second kappa shape index (κ2) is 5.65. The molecule has 1 unspecified atom stereocenters. The molecule has 2 nitrogen and oxygen atoms in total. The van der Waals surface area contributed by atoms with Crippen molar-refractivity contribution in [3.63, 3.8) is 0 Å². The van der Waals surface area contributed by atoms with Crippen LogP contribution >= 0.6 is 0 Å². The Bertz CT molecular complexity index is 525. The summed E-state index contributed by atoms with van der Waals surface area (Å²) in [5.74, 6) is -0.239. The second-order valence-electron chi connectivity index (χ2n) is 4.36. The number of halogens is 1. The summed E-state index contributed by atoms with van der Waals surface area (Å²) in [7, 11) is 0. The highest BCUT2D eigenvalue weighted by Gasteiger charge is 2.09. The minimum Gasteiger partial charge on any atom is -0.377 e. The van der Waals surface area contributed by atoms with Crippen LogP contribution in [0.1, 0.15) is 17.2 Å². The molecule has 0 amide bonds. The molecule has 0 aliphatic rings. The van der Waals surface area contributed by atoms with E-state index in [-0.39, 0.29) is 11.9 Å². The standard InChI is InChI=1S/C15H17FN2/c1-11-4-2-7-14(8-11)18-15(10-17)12-5-3-6-13(16)9-12/h2-9,15,18H,10,17H2,1H3. The lowest BCUT2D eigenvalue weighted by Crippen LogP contribution is -2.20. The van der Waals surface area contributed by atoms with Crippen molar-refractivity contribution in [3.05, 3.63) is 65.5 Å². The van der Waals surface area contributed by atoms with Gasteiger partial charge < -0.3 is 11.1 Å². The molecule has 0 saturated carbocycles. The summed E-state index contributed by atoms with van der Waals surface area (Å²) in [4.78, 5) is 0. The van der Waals surface area contributed by atoms with Gasteiger partial charge >= 0.3 is 0 Å². The normalized spacial score (nSPS) is 12.2. The van der Waals surface area contributed by atoms with Crippen LogP contribution in [0.2, 0.25) is 0 Å². The first-order valence-electron chi connectivity index (χ1n) is 5.98. The zero-order valence-electron chi connectivity index (χ0n) is 10.4. The molecule has 18 heavy (non-hydrogen) atoms. The molecular weight excluding hydrogens is 227 g/mol. The van der Waals surface area contributed by atoms with Gasteiger partial charge in [0, 0.05) is 12.2 Å². The zero-order valence-corrected chi connectivity index (χ0v) is 10.4. The fourth-order valence-electron chi connectivity index (χ4n) is 1.94. The van der Waals surface area contributed by atoms with Crippen molar-refractivity contribution in [1.82, 2.24) is 0 Å². The number of anilines is 1. The van der Waals surface area contributed by atoms with E-state index in [9.17, 15) is 4.39 Å². The highest BCUT2D eigenvalue weighted by molar-refractivity contribution is 5.47. The molecule has 0 heterocycles. The van der Waals surface area contributed by atoms with Crippen LogP contribution < -0.4 is 11.1 Å². The maximum atomic E-state index is 13.2. The first-order chi connectivity index (χ1) is 8.69. The van der Waals surface area contributed by atoms with Gasteiger partial charge in [-0.3, -0.25) is 0 Å². The number of nitrogens with two attached hydrogens (primary N) is 1. The Hall–Kier alpha value is -1.87. The average molecular weight is 244 g/mol. The summed E-state index contributed by atoms with van der Waals surface area (Å²) in [6.07, 6.45) is 0. The molecular formula is C15H17FN2. The van der Waals surface area contributed by atoms with Crippen LogP contribution in [0.4, 0.5) is 10.1 Å². The van der Waals surface area contributed by atoms with Crippen LogP contribution in [-0.4, -0.2) is 6.54 Å². The van der Waals surface area contributed by atoms with Gasteiger partial charge in [0.05, 0.1) is 6.04 Å². The van der Waals surface area contributed by atoms with E-state index in [0.29, 0.717) is 6.54 Å². The summed E-state index contributed by atoms with van der Waals surface area (Å²) >= 11 is 0. The zero-order chi connectivity index (χ0) is 13.0. The predicted octanol–water partition coefficient (Wildman–Crippen LogP) is 3.25. The van der Waals surface area contributed by atoms with Gasteiger partial charge in [-0.1, -0.05) is 24.3 Å². The van der Waals surface area contributed by atoms with Crippen molar-refractivity contribution >= 4 is 5.69 Å². The smallest absolute Gasteiger partial charge is 0.123 e. The molecule has 3 heteroatoms. The van der Waals surface area contributed by atoms with E-state index < -0.39 is 0 Å². The summed E-state index contributed by atoms with van der Waals surface area (Å²) in [6.45, 7) is 2.45. The number of nitrogens with one attached hydrogen (secondary N) is 1. The van der Waals surface area contributed by atoms with Gasteiger partial charge in [-0.05, 0) is 42.3 Å².